The zero-order valence-electron chi connectivity index (χ0n) is 9.60. The highest BCUT2D eigenvalue weighted by Gasteiger charge is 2.14. The third kappa shape index (κ3) is 2.86. The monoisotopic (exact) mass is 269 g/mol. The zero-order valence-corrected chi connectivity index (χ0v) is 11.2. The minimum absolute atomic E-state index is 0.0290. The Kier molecular flexibility index (Phi) is 4.15. The third-order valence-electron chi connectivity index (χ3n) is 2.67. The van der Waals surface area contributed by atoms with Crippen LogP contribution in [0.15, 0.2) is 17.5 Å². The number of hydrogen-bond donors (Lipinski definition) is 2. The molecule has 0 fully saturated rings. The molecule has 17 heavy (non-hydrogen) atoms. The van der Waals surface area contributed by atoms with E-state index in [0.29, 0.717) is 6.42 Å². The van der Waals surface area contributed by atoms with Gasteiger partial charge in [0.15, 0.2) is 0 Å². The van der Waals surface area contributed by atoms with Crippen molar-refractivity contribution in [2.45, 2.75) is 25.8 Å². The molecule has 5 heteroatoms. The molecule has 2 N–H and O–H groups in total. The van der Waals surface area contributed by atoms with Gasteiger partial charge in [0.1, 0.15) is 0 Å². The summed E-state index contributed by atoms with van der Waals surface area (Å²) in [7, 11) is 0. The summed E-state index contributed by atoms with van der Waals surface area (Å²) in [5.41, 5.74) is 0. The van der Waals surface area contributed by atoms with Gasteiger partial charge in [-0.25, -0.2) is 0 Å². The molecule has 0 aliphatic carbocycles. The van der Waals surface area contributed by atoms with E-state index >= 15 is 0 Å². The smallest absolute Gasteiger partial charge is 0.261 e. The maximum atomic E-state index is 12.0. The van der Waals surface area contributed by atoms with Gasteiger partial charge < -0.3 is 10.4 Å². The minimum Gasteiger partial charge on any atom is -0.396 e. The van der Waals surface area contributed by atoms with Crippen molar-refractivity contribution >= 4 is 38.0 Å². The van der Waals surface area contributed by atoms with Gasteiger partial charge in [0, 0.05) is 22.0 Å². The number of carbonyl (C=O) groups excluding carboxylic acids is 1. The van der Waals surface area contributed by atoms with Crippen molar-refractivity contribution in [2.24, 2.45) is 0 Å². The molecule has 0 saturated heterocycles. The lowest BCUT2D eigenvalue weighted by molar-refractivity contribution is 0.0933. The number of carbonyl (C=O) groups is 1. The van der Waals surface area contributed by atoms with Crippen LogP contribution in [0.2, 0.25) is 0 Å². The van der Waals surface area contributed by atoms with Crippen LogP contribution in [0.4, 0.5) is 0 Å². The van der Waals surface area contributed by atoms with Crippen molar-refractivity contribution in [2.75, 3.05) is 6.61 Å². The molecule has 1 amide bonds. The summed E-state index contributed by atoms with van der Waals surface area (Å²) in [6.45, 7) is 2.12. The molecule has 0 bridgehead atoms. The summed E-state index contributed by atoms with van der Waals surface area (Å²) >= 11 is 3.17. The third-order valence-corrected chi connectivity index (χ3v) is 4.76. The fourth-order valence-electron chi connectivity index (χ4n) is 1.67. The topological polar surface area (TPSA) is 49.3 Å². The van der Waals surface area contributed by atoms with E-state index < -0.39 is 0 Å². The van der Waals surface area contributed by atoms with Gasteiger partial charge >= 0.3 is 0 Å². The summed E-state index contributed by atoms with van der Waals surface area (Å²) < 4.78 is 2.32. The predicted molar refractivity (Wildman–Crippen MR) is 73.0 cm³/mol. The van der Waals surface area contributed by atoms with E-state index in [9.17, 15) is 4.79 Å². The molecular formula is C12H15NO2S2. The SMILES string of the molecule is CCC(CCO)NC(=O)c1cc2sccc2s1. The predicted octanol–water partition coefficient (Wildman–Crippen LogP) is 2.85. The largest absolute Gasteiger partial charge is 0.396 e. The minimum atomic E-state index is -0.0290. The Morgan fingerprint density at radius 1 is 1.53 bits per heavy atom. The van der Waals surface area contributed by atoms with Crippen molar-refractivity contribution in [1.82, 2.24) is 5.32 Å². The number of nitrogens with one attached hydrogen (secondary N) is 1. The van der Waals surface area contributed by atoms with Gasteiger partial charge in [-0.05, 0) is 30.4 Å². The van der Waals surface area contributed by atoms with Gasteiger partial charge in [0.25, 0.3) is 5.91 Å². The van der Waals surface area contributed by atoms with Crippen molar-refractivity contribution in [3.63, 3.8) is 0 Å². The second-order valence-corrected chi connectivity index (χ2v) is 5.88. The van der Waals surface area contributed by atoms with Gasteiger partial charge in [-0.3, -0.25) is 4.79 Å². The van der Waals surface area contributed by atoms with E-state index in [1.54, 1.807) is 11.3 Å². The number of amides is 1. The molecule has 1 atom stereocenters. The second-order valence-electron chi connectivity index (χ2n) is 3.85. The fourth-order valence-corrected chi connectivity index (χ4v) is 3.68. The molecular weight excluding hydrogens is 254 g/mol. The summed E-state index contributed by atoms with van der Waals surface area (Å²) in [5.74, 6) is -0.0290. The van der Waals surface area contributed by atoms with Crippen molar-refractivity contribution in [3.05, 3.63) is 22.4 Å². The van der Waals surface area contributed by atoms with Gasteiger partial charge in [-0.15, -0.1) is 22.7 Å². The molecule has 2 aromatic rings. The number of aliphatic hydroxyl groups excluding tert-OH is 1. The number of aliphatic hydroxyl groups is 1. The van der Waals surface area contributed by atoms with E-state index in [1.165, 1.54) is 11.3 Å². The molecule has 0 saturated carbocycles. The normalized spacial score (nSPS) is 12.8. The van der Waals surface area contributed by atoms with E-state index in [-0.39, 0.29) is 18.6 Å². The number of hydrogen-bond acceptors (Lipinski definition) is 4. The van der Waals surface area contributed by atoms with Crippen LogP contribution in [-0.4, -0.2) is 23.7 Å². The van der Waals surface area contributed by atoms with E-state index in [1.807, 2.05) is 24.4 Å². The van der Waals surface area contributed by atoms with Gasteiger partial charge in [-0.2, -0.15) is 0 Å². The summed E-state index contributed by atoms with van der Waals surface area (Å²) in [4.78, 5) is 12.7. The quantitative estimate of drug-likeness (QED) is 0.877. The highest BCUT2D eigenvalue weighted by atomic mass is 32.1. The Morgan fingerprint density at radius 3 is 3.00 bits per heavy atom. The Bertz CT molecular complexity index is 475. The van der Waals surface area contributed by atoms with Gasteiger partial charge in [0.2, 0.25) is 0 Å². The summed E-state index contributed by atoms with van der Waals surface area (Å²) in [5, 5.41) is 13.9. The van der Waals surface area contributed by atoms with Crippen LogP contribution in [0.25, 0.3) is 9.40 Å². The first-order valence-corrected chi connectivity index (χ1v) is 7.33. The lowest BCUT2D eigenvalue weighted by Crippen LogP contribution is -2.34. The zero-order chi connectivity index (χ0) is 12.3. The Morgan fingerprint density at radius 2 is 2.35 bits per heavy atom. The standard InChI is InChI=1S/C12H15NO2S2/c1-2-8(3-5-14)13-12(15)11-7-10-9(17-11)4-6-16-10/h4,6-8,14H,2-3,5H2,1H3,(H,13,15). The van der Waals surface area contributed by atoms with E-state index in [4.69, 9.17) is 5.11 Å². The lowest BCUT2D eigenvalue weighted by atomic mass is 10.1. The van der Waals surface area contributed by atoms with Crippen LogP contribution in [-0.2, 0) is 0 Å². The molecule has 1 unspecified atom stereocenters. The van der Waals surface area contributed by atoms with Gasteiger partial charge in [0.05, 0.1) is 4.88 Å². The maximum absolute atomic E-state index is 12.0. The fraction of sp³-hybridized carbons (Fsp3) is 0.417. The molecule has 2 rings (SSSR count). The van der Waals surface area contributed by atoms with Crippen LogP contribution in [0, 0.1) is 0 Å². The van der Waals surface area contributed by atoms with Crippen LogP contribution < -0.4 is 5.32 Å². The molecule has 0 aliphatic rings. The van der Waals surface area contributed by atoms with Crippen molar-refractivity contribution < 1.29 is 9.90 Å². The molecule has 3 nitrogen and oxygen atoms in total. The Balaban J connectivity index is 2.06. The van der Waals surface area contributed by atoms with E-state index in [0.717, 1.165) is 20.7 Å². The maximum Gasteiger partial charge on any atom is 0.261 e. The first-order valence-electron chi connectivity index (χ1n) is 5.63. The lowest BCUT2D eigenvalue weighted by Gasteiger charge is -2.14. The summed E-state index contributed by atoms with van der Waals surface area (Å²) in [6, 6.07) is 4.03. The number of fused-ring (bicyclic) bond motifs is 1. The van der Waals surface area contributed by atoms with Crippen LogP contribution in [0.1, 0.15) is 29.4 Å². The Hall–Kier alpha value is -0.910. The number of thiophene rings is 2. The molecule has 2 aromatic heterocycles. The van der Waals surface area contributed by atoms with Crippen molar-refractivity contribution in [3.8, 4) is 0 Å². The molecule has 2 heterocycles. The first kappa shape index (κ1) is 12.5. The average Bonchev–Trinajstić information content (AvgIpc) is 2.88. The Labute approximate surface area is 108 Å². The second kappa shape index (κ2) is 5.62. The van der Waals surface area contributed by atoms with Gasteiger partial charge in [-0.1, -0.05) is 6.92 Å². The van der Waals surface area contributed by atoms with Crippen molar-refractivity contribution in [1.29, 1.82) is 0 Å². The van der Waals surface area contributed by atoms with Crippen LogP contribution in [0.3, 0.4) is 0 Å². The highest BCUT2D eigenvalue weighted by Crippen LogP contribution is 2.29. The van der Waals surface area contributed by atoms with Crippen LogP contribution in [0.5, 0.6) is 0 Å². The molecule has 92 valence electrons. The average molecular weight is 269 g/mol. The summed E-state index contributed by atoms with van der Waals surface area (Å²) in [6.07, 6.45) is 1.45. The van der Waals surface area contributed by atoms with E-state index in [2.05, 4.69) is 5.32 Å². The van der Waals surface area contributed by atoms with Crippen LogP contribution >= 0.6 is 22.7 Å². The molecule has 0 aliphatic heterocycles. The molecule has 0 spiro atoms. The molecule has 0 radical (unpaired) electrons. The first-order chi connectivity index (χ1) is 8.24. The highest BCUT2D eigenvalue weighted by molar-refractivity contribution is 7.27. The molecule has 0 aromatic carbocycles. The number of rotatable bonds is 5.